The molecule has 0 aliphatic rings. The summed E-state index contributed by atoms with van der Waals surface area (Å²) < 4.78 is 14.3. The van der Waals surface area contributed by atoms with E-state index in [1.54, 1.807) is 41.6 Å². The second-order valence-electron chi connectivity index (χ2n) is 6.75. The second kappa shape index (κ2) is 7.61. The fourth-order valence-electron chi connectivity index (χ4n) is 3.25. The molecule has 2 heterocycles. The summed E-state index contributed by atoms with van der Waals surface area (Å²) in [7, 11) is 0. The van der Waals surface area contributed by atoms with Crippen molar-refractivity contribution >= 4 is 43.6 Å². The molecule has 7 heteroatoms. The quantitative estimate of drug-likeness (QED) is 0.404. The van der Waals surface area contributed by atoms with Crippen LogP contribution >= 0.6 is 11.3 Å². The summed E-state index contributed by atoms with van der Waals surface area (Å²) in [5.41, 5.74) is 3.49. The first-order valence-corrected chi connectivity index (χ1v) is 10.1. The standard InChI is InChI=1S/C23H15FN4OS/c24-17-7-9-19-21(13-17)30-23(27-19)28(14-15-4-2-1-3-5-15)22(29)16-6-8-18-20(12-16)26-11-10-25-18/h1-13H,14H2. The molecule has 2 aromatic heterocycles. The summed E-state index contributed by atoms with van der Waals surface area (Å²) in [6.07, 6.45) is 3.21. The fraction of sp³-hybridized carbons (Fsp3) is 0.0435. The highest BCUT2D eigenvalue weighted by Crippen LogP contribution is 2.31. The average Bonchev–Trinajstić information content (AvgIpc) is 3.20. The van der Waals surface area contributed by atoms with E-state index in [0.717, 1.165) is 11.1 Å². The van der Waals surface area contributed by atoms with E-state index >= 15 is 0 Å². The molecule has 146 valence electrons. The maximum Gasteiger partial charge on any atom is 0.260 e. The van der Waals surface area contributed by atoms with Gasteiger partial charge in [0.05, 0.1) is 27.8 Å². The summed E-state index contributed by atoms with van der Waals surface area (Å²) in [4.78, 5) is 28.3. The number of fused-ring (bicyclic) bond motifs is 2. The van der Waals surface area contributed by atoms with Crippen molar-refractivity contribution in [3.8, 4) is 0 Å². The Labute approximate surface area is 175 Å². The van der Waals surface area contributed by atoms with Crippen molar-refractivity contribution in [2.75, 3.05) is 4.90 Å². The van der Waals surface area contributed by atoms with E-state index in [0.29, 0.717) is 33.0 Å². The Morgan fingerprint density at radius 2 is 1.67 bits per heavy atom. The highest BCUT2D eigenvalue weighted by atomic mass is 32.1. The number of nitrogens with zero attached hydrogens (tertiary/aromatic N) is 4. The number of aromatic nitrogens is 3. The summed E-state index contributed by atoms with van der Waals surface area (Å²) in [6.45, 7) is 0.348. The SMILES string of the molecule is O=C(c1ccc2nccnc2c1)N(Cc1ccccc1)c1nc2ccc(F)cc2s1. The van der Waals surface area contributed by atoms with Crippen molar-refractivity contribution in [3.63, 3.8) is 0 Å². The molecule has 0 saturated heterocycles. The number of benzene rings is 3. The summed E-state index contributed by atoms with van der Waals surface area (Å²) >= 11 is 1.29. The fourth-order valence-corrected chi connectivity index (χ4v) is 4.23. The Bertz CT molecular complexity index is 1370. The zero-order chi connectivity index (χ0) is 20.5. The lowest BCUT2D eigenvalue weighted by atomic mass is 10.1. The minimum absolute atomic E-state index is 0.203. The minimum atomic E-state index is -0.327. The molecule has 0 radical (unpaired) electrons. The normalized spacial score (nSPS) is 11.1. The molecule has 30 heavy (non-hydrogen) atoms. The lowest BCUT2D eigenvalue weighted by Gasteiger charge is -2.20. The van der Waals surface area contributed by atoms with E-state index in [4.69, 9.17) is 0 Å². The highest BCUT2D eigenvalue weighted by Gasteiger charge is 2.22. The molecule has 0 unspecified atom stereocenters. The molecular weight excluding hydrogens is 399 g/mol. The molecule has 0 spiro atoms. The summed E-state index contributed by atoms with van der Waals surface area (Å²) in [5, 5.41) is 0.517. The Morgan fingerprint density at radius 1 is 0.900 bits per heavy atom. The van der Waals surface area contributed by atoms with Gasteiger partial charge in [-0.25, -0.2) is 9.37 Å². The molecule has 0 fully saturated rings. The predicted molar refractivity (Wildman–Crippen MR) is 116 cm³/mol. The molecule has 0 saturated carbocycles. The van der Waals surface area contributed by atoms with Gasteiger partial charge >= 0.3 is 0 Å². The zero-order valence-electron chi connectivity index (χ0n) is 15.7. The highest BCUT2D eigenvalue weighted by molar-refractivity contribution is 7.22. The molecule has 0 atom stereocenters. The lowest BCUT2D eigenvalue weighted by molar-refractivity contribution is 0.0985. The molecule has 0 aliphatic heterocycles. The molecule has 0 N–H and O–H groups in total. The molecule has 3 aromatic carbocycles. The van der Waals surface area contributed by atoms with Gasteiger partial charge in [0.1, 0.15) is 5.82 Å². The van der Waals surface area contributed by atoms with E-state index in [-0.39, 0.29) is 11.7 Å². The van der Waals surface area contributed by atoms with Gasteiger partial charge in [-0.05, 0) is 42.0 Å². The third-order valence-corrected chi connectivity index (χ3v) is 5.76. The van der Waals surface area contributed by atoms with Crippen LogP contribution in [-0.2, 0) is 6.54 Å². The topological polar surface area (TPSA) is 59.0 Å². The van der Waals surface area contributed by atoms with Gasteiger partial charge in [0.15, 0.2) is 5.13 Å². The first-order chi connectivity index (χ1) is 14.7. The third kappa shape index (κ3) is 3.51. The van der Waals surface area contributed by atoms with E-state index in [1.807, 2.05) is 30.3 Å². The number of halogens is 1. The van der Waals surface area contributed by atoms with Gasteiger partial charge in [0.25, 0.3) is 5.91 Å². The largest absolute Gasteiger partial charge is 0.279 e. The van der Waals surface area contributed by atoms with Crippen molar-refractivity contribution in [1.82, 2.24) is 15.0 Å². The van der Waals surface area contributed by atoms with E-state index in [9.17, 15) is 9.18 Å². The van der Waals surface area contributed by atoms with Gasteiger partial charge in [-0.1, -0.05) is 41.7 Å². The lowest BCUT2D eigenvalue weighted by Crippen LogP contribution is -2.30. The van der Waals surface area contributed by atoms with Crippen molar-refractivity contribution in [2.45, 2.75) is 6.54 Å². The summed E-state index contributed by atoms with van der Waals surface area (Å²) in [5.74, 6) is -0.530. The first kappa shape index (κ1) is 18.3. The Morgan fingerprint density at radius 3 is 2.50 bits per heavy atom. The van der Waals surface area contributed by atoms with Crippen molar-refractivity contribution in [2.24, 2.45) is 0 Å². The maximum absolute atomic E-state index is 13.7. The number of carbonyl (C=O) groups is 1. The van der Waals surface area contributed by atoms with E-state index < -0.39 is 0 Å². The number of hydrogen-bond acceptors (Lipinski definition) is 5. The summed E-state index contributed by atoms with van der Waals surface area (Å²) in [6, 6.07) is 19.4. The first-order valence-electron chi connectivity index (χ1n) is 9.30. The average molecular weight is 414 g/mol. The monoisotopic (exact) mass is 414 g/mol. The maximum atomic E-state index is 13.7. The van der Waals surface area contributed by atoms with Gasteiger partial charge in [-0.2, -0.15) is 0 Å². The van der Waals surface area contributed by atoms with E-state index in [2.05, 4.69) is 15.0 Å². The minimum Gasteiger partial charge on any atom is -0.279 e. The number of anilines is 1. The van der Waals surface area contributed by atoms with Gasteiger partial charge in [0.2, 0.25) is 0 Å². The molecule has 1 amide bonds. The molecule has 5 nitrogen and oxygen atoms in total. The number of rotatable bonds is 4. The zero-order valence-corrected chi connectivity index (χ0v) is 16.5. The molecule has 5 aromatic rings. The van der Waals surface area contributed by atoms with Crippen LogP contribution in [0.25, 0.3) is 21.3 Å². The van der Waals surface area contributed by atoms with Gasteiger partial charge in [-0.15, -0.1) is 0 Å². The van der Waals surface area contributed by atoms with Gasteiger partial charge in [-0.3, -0.25) is 19.7 Å². The van der Waals surface area contributed by atoms with Crippen LogP contribution < -0.4 is 4.90 Å². The number of amides is 1. The van der Waals surface area contributed by atoms with Crippen LogP contribution in [0.1, 0.15) is 15.9 Å². The van der Waals surface area contributed by atoms with Crippen LogP contribution in [0.3, 0.4) is 0 Å². The van der Waals surface area contributed by atoms with E-state index in [1.165, 1.54) is 23.5 Å². The Balaban J connectivity index is 1.59. The predicted octanol–water partition coefficient (Wildman–Crippen LogP) is 5.23. The van der Waals surface area contributed by atoms with Crippen LogP contribution in [0.15, 0.2) is 79.1 Å². The number of hydrogen-bond donors (Lipinski definition) is 0. The van der Waals surface area contributed by atoms with Gasteiger partial charge in [0, 0.05) is 18.0 Å². The van der Waals surface area contributed by atoms with Crippen LogP contribution in [0.2, 0.25) is 0 Å². The Kier molecular flexibility index (Phi) is 4.65. The Hall–Kier alpha value is -3.71. The van der Waals surface area contributed by atoms with Gasteiger partial charge < -0.3 is 0 Å². The number of thiazole rings is 1. The second-order valence-corrected chi connectivity index (χ2v) is 7.75. The van der Waals surface area contributed by atoms with Crippen LogP contribution in [0.4, 0.5) is 9.52 Å². The van der Waals surface area contributed by atoms with Crippen molar-refractivity contribution < 1.29 is 9.18 Å². The molecule has 5 rings (SSSR count). The number of carbonyl (C=O) groups excluding carboxylic acids is 1. The smallest absolute Gasteiger partial charge is 0.260 e. The van der Waals surface area contributed by atoms with Crippen molar-refractivity contribution in [1.29, 1.82) is 0 Å². The molecular formula is C23H15FN4OS. The van der Waals surface area contributed by atoms with Crippen LogP contribution in [0.5, 0.6) is 0 Å². The van der Waals surface area contributed by atoms with Crippen LogP contribution in [0, 0.1) is 5.82 Å². The van der Waals surface area contributed by atoms with Crippen molar-refractivity contribution in [3.05, 3.63) is 96.1 Å². The molecule has 0 aliphatic carbocycles. The third-order valence-electron chi connectivity index (χ3n) is 4.72. The molecule has 0 bridgehead atoms. The van der Waals surface area contributed by atoms with Crippen LogP contribution in [-0.4, -0.2) is 20.9 Å².